The maximum Gasteiger partial charge on any atom is 0.268 e. The first-order valence-electron chi connectivity index (χ1n) is 6.79. The molecule has 0 spiro atoms. The number of carbonyl (C=O) groups excluding carboxylic acids is 1. The molecule has 0 radical (unpaired) electrons. The maximum absolute atomic E-state index is 10.9. The van der Waals surface area contributed by atoms with Gasteiger partial charge in [0.1, 0.15) is 5.69 Å². The van der Waals surface area contributed by atoms with E-state index < -0.39 is 12.0 Å². The largest absolute Gasteiger partial charge is 0.391 e. The van der Waals surface area contributed by atoms with E-state index in [1.54, 1.807) is 10.8 Å². The molecule has 112 valence electrons. The van der Waals surface area contributed by atoms with Gasteiger partial charge < -0.3 is 15.4 Å². The molecule has 1 atom stereocenters. The maximum atomic E-state index is 10.9. The van der Waals surface area contributed by atoms with Crippen LogP contribution < -0.4 is 5.73 Å². The van der Waals surface area contributed by atoms with E-state index >= 15 is 0 Å². The molecule has 0 bridgehead atoms. The van der Waals surface area contributed by atoms with Gasteiger partial charge in [0.05, 0.1) is 12.4 Å². The van der Waals surface area contributed by atoms with E-state index in [0.29, 0.717) is 13.0 Å². The highest BCUT2D eigenvalue weighted by molar-refractivity contribution is 6.31. The number of imidazole rings is 1. The Hall–Kier alpha value is -1.85. The third-order valence-corrected chi connectivity index (χ3v) is 3.62. The quantitative estimate of drug-likeness (QED) is 0.821. The molecule has 0 unspecified atom stereocenters. The van der Waals surface area contributed by atoms with Gasteiger partial charge in [0.25, 0.3) is 5.91 Å². The summed E-state index contributed by atoms with van der Waals surface area (Å²) in [5.74, 6) is -0.568. The van der Waals surface area contributed by atoms with Crippen LogP contribution in [-0.4, -0.2) is 26.7 Å². The van der Waals surface area contributed by atoms with Gasteiger partial charge in [0, 0.05) is 17.8 Å². The number of halogens is 1. The molecule has 21 heavy (non-hydrogen) atoms. The highest BCUT2D eigenvalue weighted by Gasteiger charge is 2.09. The zero-order valence-corrected chi connectivity index (χ0v) is 12.3. The summed E-state index contributed by atoms with van der Waals surface area (Å²) in [5, 5.41) is 10.8. The van der Waals surface area contributed by atoms with Crippen LogP contribution in [0.1, 0.15) is 28.9 Å². The Morgan fingerprint density at radius 2 is 2.19 bits per heavy atom. The Morgan fingerprint density at radius 1 is 1.43 bits per heavy atom. The molecule has 3 N–H and O–H groups in total. The number of nitrogens with two attached hydrogens (primary N) is 1. The highest BCUT2D eigenvalue weighted by atomic mass is 35.5. The predicted molar refractivity (Wildman–Crippen MR) is 81.1 cm³/mol. The first kappa shape index (κ1) is 15.5. The van der Waals surface area contributed by atoms with Gasteiger partial charge in [-0.3, -0.25) is 4.79 Å². The minimum Gasteiger partial charge on any atom is -0.391 e. The van der Waals surface area contributed by atoms with Crippen LogP contribution in [-0.2, 0) is 13.0 Å². The van der Waals surface area contributed by atoms with E-state index in [1.807, 2.05) is 24.3 Å². The minimum atomic E-state index is -0.568. The lowest BCUT2D eigenvalue weighted by Gasteiger charge is -2.11. The number of amides is 1. The number of aromatic nitrogens is 2. The molecular weight excluding hydrogens is 290 g/mol. The zero-order valence-electron chi connectivity index (χ0n) is 11.6. The Labute approximate surface area is 128 Å². The smallest absolute Gasteiger partial charge is 0.268 e. The fraction of sp³-hybridized carbons (Fsp3) is 0.333. The van der Waals surface area contributed by atoms with Crippen LogP contribution in [0.15, 0.2) is 36.8 Å². The minimum absolute atomic E-state index is 0.207. The van der Waals surface area contributed by atoms with Gasteiger partial charge >= 0.3 is 0 Å². The zero-order chi connectivity index (χ0) is 15.2. The molecule has 2 aromatic rings. The number of nitrogens with zero attached hydrogens (tertiary/aromatic N) is 2. The van der Waals surface area contributed by atoms with E-state index in [-0.39, 0.29) is 5.69 Å². The summed E-state index contributed by atoms with van der Waals surface area (Å²) in [6.45, 7) is 0.392. The highest BCUT2D eigenvalue weighted by Crippen LogP contribution is 2.17. The van der Waals surface area contributed by atoms with Crippen LogP contribution in [0.3, 0.4) is 0 Å². The average Bonchev–Trinajstić information content (AvgIpc) is 2.89. The van der Waals surface area contributed by atoms with Gasteiger partial charge in [0.2, 0.25) is 0 Å². The van der Waals surface area contributed by atoms with Crippen molar-refractivity contribution in [2.24, 2.45) is 5.73 Å². The molecule has 0 fully saturated rings. The average molecular weight is 308 g/mol. The summed E-state index contributed by atoms with van der Waals surface area (Å²) < 4.78 is 1.67. The third kappa shape index (κ3) is 4.58. The first-order valence-corrected chi connectivity index (χ1v) is 7.17. The number of benzene rings is 1. The van der Waals surface area contributed by atoms with Gasteiger partial charge in [-0.05, 0) is 30.9 Å². The number of aliphatic hydroxyl groups is 1. The van der Waals surface area contributed by atoms with Crippen LogP contribution in [0.4, 0.5) is 0 Å². The first-order chi connectivity index (χ1) is 10.1. The van der Waals surface area contributed by atoms with Gasteiger partial charge in [-0.2, -0.15) is 0 Å². The normalized spacial score (nSPS) is 12.3. The number of hydrogen-bond acceptors (Lipinski definition) is 3. The van der Waals surface area contributed by atoms with Crippen LogP contribution in [0, 0.1) is 0 Å². The molecule has 0 aliphatic heterocycles. The molecule has 0 aliphatic carbocycles. The van der Waals surface area contributed by atoms with Crippen molar-refractivity contribution in [3.63, 3.8) is 0 Å². The molecule has 1 aromatic heterocycles. The summed E-state index contributed by atoms with van der Waals surface area (Å²) >= 11 is 6.08. The summed E-state index contributed by atoms with van der Waals surface area (Å²) in [5.41, 5.74) is 6.42. The van der Waals surface area contributed by atoms with E-state index in [9.17, 15) is 9.90 Å². The van der Waals surface area contributed by atoms with Crippen LogP contribution in [0.2, 0.25) is 5.02 Å². The molecule has 2 rings (SSSR count). The van der Waals surface area contributed by atoms with Crippen molar-refractivity contribution < 1.29 is 9.90 Å². The molecule has 1 amide bonds. The molecule has 0 aliphatic rings. The third-order valence-electron chi connectivity index (χ3n) is 3.25. The summed E-state index contributed by atoms with van der Waals surface area (Å²) in [6, 6.07) is 7.71. The van der Waals surface area contributed by atoms with Crippen molar-refractivity contribution in [2.75, 3.05) is 0 Å². The van der Waals surface area contributed by atoms with E-state index in [0.717, 1.165) is 23.4 Å². The van der Waals surface area contributed by atoms with Gasteiger partial charge in [-0.15, -0.1) is 0 Å². The Balaban J connectivity index is 1.78. The standard InChI is InChI=1S/C15H18ClN3O2/c16-13-7-2-1-4-11(13)5-3-6-12(20)8-19-9-14(15(17)21)18-10-19/h1-2,4,7,9-10,12,20H,3,5-6,8H2,(H2,17,21)/t12-/m0/s1. The Kier molecular flexibility index (Phi) is 5.36. The molecule has 6 heteroatoms. The monoisotopic (exact) mass is 307 g/mol. The second-order valence-corrected chi connectivity index (χ2v) is 5.36. The summed E-state index contributed by atoms with van der Waals surface area (Å²) in [4.78, 5) is 14.8. The Morgan fingerprint density at radius 3 is 2.86 bits per heavy atom. The predicted octanol–water partition coefficient (Wildman–Crippen LogP) is 2.02. The fourth-order valence-corrected chi connectivity index (χ4v) is 2.38. The molecule has 5 nitrogen and oxygen atoms in total. The fourth-order valence-electron chi connectivity index (χ4n) is 2.15. The molecular formula is C15H18ClN3O2. The molecule has 0 saturated carbocycles. The lowest BCUT2D eigenvalue weighted by Crippen LogP contribution is -2.15. The van der Waals surface area contributed by atoms with Crippen LogP contribution in [0.5, 0.6) is 0 Å². The van der Waals surface area contributed by atoms with Crippen LogP contribution in [0.25, 0.3) is 0 Å². The second-order valence-electron chi connectivity index (χ2n) is 4.96. The number of rotatable bonds is 7. The SMILES string of the molecule is NC(=O)c1cn(C[C@@H](O)CCCc2ccccc2Cl)cn1. The molecule has 1 aromatic carbocycles. The lowest BCUT2D eigenvalue weighted by atomic mass is 10.1. The van der Waals surface area contributed by atoms with E-state index in [4.69, 9.17) is 17.3 Å². The van der Waals surface area contributed by atoms with Crippen LogP contribution >= 0.6 is 11.6 Å². The van der Waals surface area contributed by atoms with Crippen molar-refractivity contribution in [1.29, 1.82) is 0 Å². The van der Waals surface area contributed by atoms with Crippen molar-refractivity contribution in [3.8, 4) is 0 Å². The second kappa shape index (κ2) is 7.24. The number of hydrogen-bond donors (Lipinski definition) is 2. The number of aryl methyl sites for hydroxylation is 1. The molecule has 1 heterocycles. The number of aliphatic hydroxyl groups excluding tert-OH is 1. The lowest BCUT2D eigenvalue weighted by molar-refractivity contribution is 0.0995. The van der Waals surface area contributed by atoms with Crippen molar-refractivity contribution in [3.05, 3.63) is 53.1 Å². The van der Waals surface area contributed by atoms with Gasteiger partial charge in [-0.25, -0.2) is 4.98 Å². The Bertz CT molecular complexity index is 612. The van der Waals surface area contributed by atoms with Gasteiger partial charge in [0.15, 0.2) is 0 Å². The topological polar surface area (TPSA) is 81.1 Å². The molecule has 0 saturated heterocycles. The van der Waals surface area contributed by atoms with Crippen molar-refractivity contribution >= 4 is 17.5 Å². The number of carbonyl (C=O) groups is 1. The number of primary amides is 1. The van der Waals surface area contributed by atoms with Crippen molar-refractivity contribution in [2.45, 2.75) is 31.9 Å². The summed E-state index contributed by atoms with van der Waals surface area (Å²) in [6.07, 6.45) is 4.85. The van der Waals surface area contributed by atoms with Crippen molar-refractivity contribution in [1.82, 2.24) is 9.55 Å². The van der Waals surface area contributed by atoms with Gasteiger partial charge in [-0.1, -0.05) is 29.8 Å². The summed E-state index contributed by atoms with van der Waals surface area (Å²) in [7, 11) is 0. The van der Waals surface area contributed by atoms with E-state index in [2.05, 4.69) is 4.98 Å². The van der Waals surface area contributed by atoms with E-state index in [1.165, 1.54) is 6.33 Å².